The molecule has 0 saturated carbocycles. The Morgan fingerprint density at radius 2 is 1.92 bits per heavy atom. The molecule has 126 valence electrons. The summed E-state index contributed by atoms with van der Waals surface area (Å²) in [5.41, 5.74) is 2.29. The van der Waals surface area contributed by atoms with Gasteiger partial charge in [0, 0.05) is 26.2 Å². The van der Waals surface area contributed by atoms with Crippen LogP contribution in [0.1, 0.15) is 16.1 Å². The minimum Gasteiger partial charge on any atom is -0.353 e. The van der Waals surface area contributed by atoms with Gasteiger partial charge < -0.3 is 15.1 Å². The molecule has 1 aliphatic heterocycles. The Labute approximate surface area is 145 Å². The molecule has 7 heteroatoms. The molecule has 0 radical (unpaired) electrons. The first-order valence-electron chi connectivity index (χ1n) is 7.92. The van der Waals surface area contributed by atoms with Crippen molar-refractivity contribution in [1.82, 2.24) is 14.8 Å². The second-order valence-electron chi connectivity index (χ2n) is 5.65. The Hall–Kier alpha value is -3.40. The third-order valence-electron chi connectivity index (χ3n) is 4.06. The van der Waals surface area contributed by atoms with Gasteiger partial charge in [0.25, 0.3) is 5.91 Å². The lowest BCUT2D eigenvalue weighted by Crippen LogP contribution is -2.48. The summed E-state index contributed by atoms with van der Waals surface area (Å²) >= 11 is 0. The Morgan fingerprint density at radius 3 is 2.56 bits per heavy atom. The molecule has 1 fully saturated rings. The number of carbonyl (C=O) groups excluding carboxylic acids is 2. The van der Waals surface area contributed by atoms with E-state index in [2.05, 4.69) is 16.4 Å². The molecule has 1 saturated heterocycles. The second-order valence-corrected chi connectivity index (χ2v) is 5.65. The lowest BCUT2D eigenvalue weighted by atomic mass is 10.2. The number of pyridine rings is 1. The molecule has 0 aliphatic carbocycles. The highest BCUT2D eigenvalue weighted by molar-refractivity contribution is 5.92. The topological polar surface area (TPSA) is 89.3 Å². The Balaban J connectivity index is 1.67. The van der Waals surface area contributed by atoms with E-state index in [4.69, 9.17) is 5.26 Å². The number of benzene rings is 1. The molecular weight excluding hydrogens is 318 g/mol. The highest BCUT2D eigenvalue weighted by Gasteiger charge is 2.22. The summed E-state index contributed by atoms with van der Waals surface area (Å²) < 4.78 is 0. The van der Waals surface area contributed by atoms with Crippen molar-refractivity contribution < 1.29 is 9.59 Å². The zero-order valence-electron chi connectivity index (χ0n) is 13.6. The van der Waals surface area contributed by atoms with E-state index in [0.717, 1.165) is 6.41 Å². The maximum Gasteiger partial charge on any atom is 0.272 e. The molecule has 1 aromatic heterocycles. The summed E-state index contributed by atoms with van der Waals surface area (Å²) in [6, 6.07) is 12.7. The van der Waals surface area contributed by atoms with E-state index >= 15 is 0 Å². The summed E-state index contributed by atoms with van der Waals surface area (Å²) in [6.07, 6.45) is 2.38. The molecule has 2 aromatic rings. The van der Waals surface area contributed by atoms with Gasteiger partial charge >= 0.3 is 0 Å². The van der Waals surface area contributed by atoms with Crippen molar-refractivity contribution in [1.29, 1.82) is 5.26 Å². The van der Waals surface area contributed by atoms with E-state index in [9.17, 15) is 9.59 Å². The summed E-state index contributed by atoms with van der Waals surface area (Å²) in [5.74, 6) is -0.144. The van der Waals surface area contributed by atoms with Crippen molar-refractivity contribution in [2.75, 3.05) is 31.5 Å². The van der Waals surface area contributed by atoms with Crippen LogP contribution in [0.15, 0.2) is 42.6 Å². The SMILES string of the molecule is N#Cc1ccccc1Nc1ccc(C(=O)N2CCN(C=O)CC2)nc1. The maximum absolute atomic E-state index is 12.5. The highest BCUT2D eigenvalue weighted by Crippen LogP contribution is 2.20. The van der Waals surface area contributed by atoms with Crippen molar-refractivity contribution in [2.45, 2.75) is 0 Å². The largest absolute Gasteiger partial charge is 0.353 e. The predicted molar refractivity (Wildman–Crippen MR) is 92.2 cm³/mol. The Kier molecular flexibility index (Phi) is 4.90. The highest BCUT2D eigenvalue weighted by atomic mass is 16.2. The van der Waals surface area contributed by atoms with E-state index in [0.29, 0.717) is 48.8 Å². The first-order chi connectivity index (χ1) is 12.2. The van der Waals surface area contributed by atoms with E-state index in [1.54, 1.807) is 40.3 Å². The third kappa shape index (κ3) is 3.75. The quantitative estimate of drug-likeness (QED) is 0.858. The van der Waals surface area contributed by atoms with Gasteiger partial charge in [-0.15, -0.1) is 0 Å². The van der Waals surface area contributed by atoms with Gasteiger partial charge in [-0.1, -0.05) is 12.1 Å². The van der Waals surface area contributed by atoms with Crippen LogP contribution in [0.3, 0.4) is 0 Å². The van der Waals surface area contributed by atoms with Gasteiger partial charge in [-0.2, -0.15) is 5.26 Å². The molecule has 2 heterocycles. The number of para-hydroxylation sites is 1. The fourth-order valence-corrected chi connectivity index (χ4v) is 2.63. The molecule has 0 spiro atoms. The number of carbonyl (C=O) groups is 2. The maximum atomic E-state index is 12.5. The van der Waals surface area contributed by atoms with Crippen molar-refractivity contribution >= 4 is 23.7 Å². The van der Waals surface area contributed by atoms with Crippen LogP contribution in [0.25, 0.3) is 0 Å². The van der Waals surface area contributed by atoms with Crippen LogP contribution < -0.4 is 5.32 Å². The van der Waals surface area contributed by atoms with Crippen molar-refractivity contribution in [3.63, 3.8) is 0 Å². The number of anilines is 2. The van der Waals surface area contributed by atoms with Crippen LogP contribution in [-0.4, -0.2) is 53.3 Å². The fraction of sp³-hybridized carbons (Fsp3) is 0.222. The number of amides is 2. The normalized spacial score (nSPS) is 13.9. The van der Waals surface area contributed by atoms with Gasteiger partial charge in [-0.05, 0) is 24.3 Å². The number of nitrogens with one attached hydrogen (secondary N) is 1. The number of piperazine rings is 1. The summed E-state index contributed by atoms with van der Waals surface area (Å²) in [7, 11) is 0. The molecular formula is C18H17N5O2. The molecule has 7 nitrogen and oxygen atoms in total. The second kappa shape index (κ2) is 7.45. The zero-order valence-corrected chi connectivity index (χ0v) is 13.6. The number of nitrogens with zero attached hydrogens (tertiary/aromatic N) is 4. The lowest BCUT2D eigenvalue weighted by molar-refractivity contribution is -0.119. The first-order valence-corrected chi connectivity index (χ1v) is 7.92. The average Bonchev–Trinajstić information content (AvgIpc) is 2.68. The van der Waals surface area contributed by atoms with Gasteiger partial charge in [0.1, 0.15) is 11.8 Å². The minimum absolute atomic E-state index is 0.144. The molecule has 3 rings (SSSR count). The van der Waals surface area contributed by atoms with Gasteiger partial charge in [-0.25, -0.2) is 4.98 Å². The Morgan fingerprint density at radius 1 is 1.16 bits per heavy atom. The molecule has 1 aliphatic rings. The summed E-state index contributed by atoms with van der Waals surface area (Å²) in [6.45, 7) is 2.10. The molecule has 1 N–H and O–H groups in total. The van der Waals surface area contributed by atoms with Crippen LogP contribution in [-0.2, 0) is 4.79 Å². The standard InChI is InChI=1S/C18H17N5O2/c19-11-14-3-1-2-4-16(14)21-15-5-6-17(20-12-15)18(25)23-9-7-22(13-24)8-10-23/h1-6,12-13,21H,7-10H2. The van der Waals surface area contributed by atoms with E-state index in [1.807, 2.05) is 12.1 Å². The van der Waals surface area contributed by atoms with Crippen molar-refractivity contribution in [3.8, 4) is 6.07 Å². The number of hydrogen-bond donors (Lipinski definition) is 1. The zero-order chi connectivity index (χ0) is 17.6. The molecule has 0 atom stereocenters. The average molecular weight is 335 g/mol. The van der Waals surface area contributed by atoms with E-state index in [-0.39, 0.29) is 5.91 Å². The van der Waals surface area contributed by atoms with Gasteiger partial charge in [-0.3, -0.25) is 9.59 Å². The number of nitriles is 1. The van der Waals surface area contributed by atoms with Crippen molar-refractivity contribution in [2.24, 2.45) is 0 Å². The van der Waals surface area contributed by atoms with Gasteiger partial charge in [0.05, 0.1) is 23.1 Å². The minimum atomic E-state index is -0.144. The van der Waals surface area contributed by atoms with Crippen LogP contribution >= 0.6 is 0 Å². The van der Waals surface area contributed by atoms with Crippen LogP contribution in [0.2, 0.25) is 0 Å². The molecule has 25 heavy (non-hydrogen) atoms. The number of hydrogen-bond acceptors (Lipinski definition) is 5. The summed E-state index contributed by atoms with van der Waals surface area (Å²) in [4.78, 5) is 30.8. The fourth-order valence-electron chi connectivity index (χ4n) is 2.63. The van der Waals surface area contributed by atoms with Crippen LogP contribution in [0.5, 0.6) is 0 Å². The molecule has 1 aromatic carbocycles. The van der Waals surface area contributed by atoms with Crippen molar-refractivity contribution in [3.05, 3.63) is 53.9 Å². The number of rotatable bonds is 4. The molecule has 0 bridgehead atoms. The Bertz CT molecular complexity index is 805. The van der Waals surface area contributed by atoms with Gasteiger partial charge in [0.2, 0.25) is 6.41 Å². The summed E-state index contributed by atoms with van der Waals surface area (Å²) in [5, 5.41) is 12.2. The molecule has 2 amide bonds. The number of aromatic nitrogens is 1. The third-order valence-corrected chi connectivity index (χ3v) is 4.06. The lowest BCUT2D eigenvalue weighted by Gasteiger charge is -2.32. The van der Waals surface area contributed by atoms with E-state index < -0.39 is 0 Å². The van der Waals surface area contributed by atoms with Gasteiger partial charge in [0.15, 0.2) is 0 Å². The monoisotopic (exact) mass is 335 g/mol. The van der Waals surface area contributed by atoms with E-state index in [1.165, 1.54) is 0 Å². The van der Waals surface area contributed by atoms with Crippen LogP contribution in [0.4, 0.5) is 11.4 Å². The van der Waals surface area contributed by atoms with Crippen LogP contribution in [0, 0.1) is 11.3 Å². The predicted octanol–water partition coefficient (Wildman–Crippen LogP) is 1.61. The smallest absolute Gasteiger partial charge is 0.272 e. The first kappa shape index (κ1) is 16.5. The molecule has 0 unspecified atom stereocenters.